The highest BCUT2D eigenvalue weighted by molar-refractivity contribution is 4.73. The van der Waals surface area contributed by atoms with E-state index in [2.05, 4.69) is 51.8 Å². The van der Waals surface area contributed by atoms with Crippen LogP contribution in [0.2, 0.25) is 0 Å². The minimum absolute atomic E-state index is 0.635. The summed E-state index contributed by atoms with van der Waals surface area (Å²) in [6.07, 6.45) is 2.47. The molecule has 0 radical (unpaired) electrons. The first kappa shape index (κ1) is 15.9. The SMILES string of the molecule is CCCNC(C)CC(C)N(CC)CC(C)C. The molecule has 16 heavy (non-hydrogen) atoms. The summed E-state index contributed by atoms with van der Waals surface area (Å²) in [5, 5.41) is 3.57. The van der Waals surface area contributed by atoms with E-state index >= 15 is 0 Å². The second kappa shape index (κ2) is 9.00. The minimum Gasteiger partial charge on any atom is -0.314 e. The van der Waals surface area contributed by atoms with E-state index in [1.54, 1.807) is 0 Å². The molecule has 0 amide bonds. The van der Waals surface area contributed by atoms with Crippen LogP contribution in [0.1, 0.15) is 54.4 Å². The molecule has 0 aromatic heterocycles. The van der Waals surface area contributed by atoms with E-state index in [9.17, 15) is 0 Å². The number of hydrogen-bond donors (Lipinski definition) is 1. The molecule has 0 aromatic rings. The fourth-order valence-electron chi connectivity index (χ4n) is 2.22. The molecule has 0 aromatic carbocycles. The van der Waals surface area contributed by atoms with Crippen molar-refractivity contribution in [3.8, 4) is 0 Å². The van der Waals surface area contributed by atoms with Crippen molar-refractivity contribution in [2.45, 2.75) is 66.5 Å². The highest BCUT2D eigenvalue weighted by Gasteiger charge is 2.15. The molecule has 1 N–H and O–H groups in total. The third-order valence-electron chi connectivity index (χ3n) is 3.07. The molecule has 0 saturated carbocycles. The van der Waals surface area contributed by atoms with Gasteiger partial charge in [0, 0.05) is 18.6 Å². The monoisotopic (exact) mass is 228 g/mol. The van der Waals surface area contributed by atoms with E-state index in [0.717, 1.165) is 12.5 Å². The van der Waals surface area contributed by atoms with Gasteiger partial charge in [0.05, 0.1) is 0 Å². The molecule has 0 bridgehead atoms. The maximum absolute atomic E-state index is 3.57. The third-order valence-corrected chi connectivity index (χ3v) is 3.07. The summed E-state index contributed by atoms with van der Waals surface area (Å²) >= 11 is 0. The van der Waals surface area contributed by atoms with Crippen molar-refractivity contribution in [3.05, 3.63) is 0 Å². The fraction of sp³-hybridized carbons (Fsp3) is 1.00. The molecular formula is C14H32N2. The molecule has 2 nitrogen and oxygen atoms in total. The third kappa shape index (κ3) is 7.24. The Bertz CT molecular complexity index is 157. The second-order valence-electron chi connectivity index (χ2n) is 5.42. The van der Waals surface area contributed by atoms with Crippen molar-refractivity contribution in [1.82, 2.24) is 10.2 Å². The van der Waals surface area contributed by atoms with E-state index in [-0.39, 0.29) is 0 Å². The number of nitrogens with zero attached hydrogens (tertiary/aromatic N) is 1. The molecule has 0 heterocycles. The van der Waals surface area contributed by atoms with Gasteiger partial charge in [-0.3, -0.25) is 0 Å². The zero-order valence-corrected chi connectivity index (χ0v) is 12.2. The summed E-state index contributed by atoms with van der Waals surface area (Å²) in [7, 11) is 0. The van der Waals surface area contributed by atoms with Gasteiger partial charge in [-0.05, 0) is 45.7 Å². The first-order valence-corrected chi connectivity index (χ1v) is 6.98. The molecular weight excluding hydrogens is 196 g/mol. The van der Waals surface area contributed by atoms with Gasteiger partial charge in [-0.1, -0.05) is 27.7 Å². The van der Waals surface area contributed by atoms with Crippen LogP contribution in [0.15, 0.2) is 0 Å². The van der Waals surface area contributed by atoms with Gasteiger partial charge in [0.2, 0.25) is 0 Å². The maximum atomic E-state index is 3.57. The summed E-state index contributed by atoms with van der Waals surface area (Å²) in [5.41, 5.74) is 0. The van der Waals surface area contributed by atoms with Gasteiger partial charge in [0.15, 0.2) is 0 Å². The first-order chi connectivity index (χ1) is 7.51. The molecule has 0 spiro atoms. The zero-order valence-electron chi connectivity index (χ0n) is 12.2. The van der Waals surface area contributed by atoms with Crippen LogP contribution in [0.5, 0.6) is 0 Å². The molecule has 0 aliphatic carbocycles. The number of hydrogen-bond acceptors (Lipinski definition) is 2. The van der Waals surface area contributed by atoms with E-state index < -0.39 is 0 Å². The molecule has 98 valence electrons. The van der Waals surface area contributed by atoms with Gasteiger partial charge in [-0.15, -0.1) is 0 Å². The van der Waals surface area contributed by atoms with E-state index in [0.29, 0.717) is 12.1 Å². The predicted octanol–water partition coefficient (Wildman–Crippen LogP) is 3.13. The maximum Gasteiger partial charge on any atom is 0.00816 e. The van der Waals surface area contributed by atoms with Crippen LogP contribution in [-0.2, 0) is 0 Å². The Labute approximate surface area is 103 Å². The molecule has 0 saturated heterocycles. The quantitative estimate of drug-likeness (QED) is 0.652. The van der Waals surface area contributed by atoms with Crippen LogP contribution in [0, 0.1) is 5.92 Å². The summed E-state index contributed by atoms with van der Waals surface area (Å²) in [4.78, 5) is 2.59. The van der Waals surface area contributed by atoms with Gasteiger partial charge in [-0.2, -0.15) is 0 Å². The Kier molecular flexibility index (Phi) is 8.96. The van der Waals surface area contributed by atoms with Crippen LogP contribution in [0.4, 0.5) is 0 Å². The van der Waals surface area contributed by atoms with E-state index in [1.807, 2.05) is 0 Å². The van der Waals surface area contributed by atoms with Crippen LogP contribution < -0.4 is 5.32 Å². The summed E-state index contributed by atoms with van der Waals surface area (Å²) < 4.78 is 0. The lowest BCUT2D eigenvalue weighted by atomic mass is 10.1. The standard InChI is InChI=1S/C14H32N2/c1-7-9-15-13(5)10-14(6)16(8-2)11-12(3)4/h12-15H,7-11H2,1-6H3. The molecule has 0 aliphatic heterocycles. The molecule has 2 heteroatoms. The Morgan fingerprint density at radius 3 is 2.12 bits per heavy atom. The van der Waals surface area contributed by atoms with Crippen molar-refractivity contribution in [1.29, 1.82) is 0 Å². The van der Waals surface area contributed by atoms with Crippen molar-refractivity contribution >= 4 is 0 Å². The minimum atomic E-state index is 0.635. The predicted molar refractivity (Wildman–Crippen MR) is 73.9 cm³/mol. The smallest absolute Gasteiger partial charge is 0.00816 e. The highest BCUT2D eigenvalue weighted by Crippen LogP contribution is 2.09. The molecule has 2 unspecified atom stereocenters. The number of nitrogens with one attached hydrogen (secondary N) is 1. The van der Waals surface area contributed by atoms with Gasteiger partial charge in [-0.25, -0.2) is 0 Å². The van der Waals surface area contributed by atoms with Crippen molar-refractivity contribution in [2.75, 3.05) is 19.6 Å². The largest absolute Gasteiger partial charge is 0.314 e. The Morgan fingerprint density at radius 1 is 1.06 bits per heavy atom. The van der Waals surface area contributed by atoms with Crippen molar-refractivity contribution < 1.29 is 0 Å². The average Bonchev–Trinajstić information content (AvgIpc) is 2.22. The topological polar surface area (TPSA) is 15.3 Å². The molecule has 0 aliphatic rings. The van der Waals surface area contributed by atoms with Gasteiger partial charge >= 0.3 is 0 Å². The Morgan fingerprint density at radius 2 is 1.69 bits per heavy atom. The van der Waals surface area contributed by atoms with E-state index in [1.165, 1.54) is 25.9 Å². The fourth-order valence-corrected chi connectivity index (χ4v) is 2.22. The summed E-state index contributed by atoms with van der Waals surface area (Å²) in [6, 6.07) is 1.32. The van der Waals surface area contributed by atoms with E-state index in [4.69, 9.17) is 0 Å². The normalized spacial score (nSPS) is 15.8. The van der Waals surface area contributed by atoms with Crippen LogP contribution in [-0.4, -0.2) is 36.6 Å². The number of rotatable bonds is 9. The second-order valence-corrected chi connectivity index (χ2v) is 5.42. The first-order valence-electron chi connectivity index (χ1n) is 6.98. The lowest BCUT2D eigenvalue weighted by molar-refractivity contribution is 0.177. The molecule has 0 fully saturated rings. The lowest BCUT2D eigenvalue weighted by Crippen LogP contribution is -2.40. The summed E-state index contributed by atoms with van der Waals surface area (Å²) in [5.74, 6) is 0.765. The lowest BCUT2D eigenvalue weighted by Gasteiger charge is -2.31. The average molecular weight is 228 g/mol. The van der Waals surface area contributed by atoms with Crippen molar-refractivity contribution in [3.63, 3.8) is 0 Å². The van der Waals surface area contributed by atoms with Gasteiger partial charge in [0.25, 0.3) is 0 Å². The molecule has 0 rings (SSSR count). The Balaban J connectivity index is 3.94. The molecule has 2 atom stereocenters. The van der Waals surface area contributed by atoms with Gasteiger partial charge < -0.3 is 10.2 Å². The van der Waals surface area contributed by atoms with Crippen LogP contribution in [0.3, 0.4) is 0 Å². The summed E-state index contributed by atoms with van der Waals surface area (Å²) in [6.45, 7) is 17.3. The Hall–Kier alpha value is -0.0800. The van der Waals surface area contributed by atoms with Crippen LogP contribution in [0.25, 0.3) is 0 Å². The highest BCUT2D eigenvalue weighted by atomic mass is 15.1. The zero-order chi connectivity index (χ0) is 12.6. The van der Waals surface area contributed by atoms with Gasteiger partial charge in [0.1, 0.15) is 0 Å². The van der Waals surface area contributed by atoms with Crippen LogP contribution >= 0.6 is 0 Å². The van der Waals surface area contributed by atoms with Crippen molar-refractivity contribution in [2.24, 2.45) is 5.92 Å².